The van der Waals surface area contributed by atoms with E-state index in [2.05, 4.69) is 20.0 Å². The molecule has 2 N–H and O–H groups in total. The van der Waals surface area contributed by atoms with Crippen LogP contribution in [-0.2, 0) is 0 Å². The van der Waals surface area contributed by atoms with Gasteiger partial charge in [0.1, 0.15) is 23.3 Å². The monoisotopic (exact) mass is 460 g/mol. The van der Waals surface area contributed by atoms with Crippen molar-refractivity contribution in [1.82, 2.24) is 15.3 Å². The van der Waals surface area contributed by atoms with Crippen molar-refractivity contribution in [3.05, 3.63) is 65.6 Å². The van der Waals surface area contributed by atoms with Gasteiger partial charge in [-0.3, -0.25) is 4.79 Å². The van der Waals surface area contributed by atoms with Crippen LogP contribution in [0.5, 0.6) is 5.75 Å². The Balaban J connectivity index is 2.08. The summed E-state index contributed by atoms with van der Waals surface area (Å²) in [7, 11) is 0. The van der Waals surface area contributed by atoms with Crippen LogP contribution < -0.4 is 10.1 Å². The maximum absolute atomic E-state index is 13.7. The lowest BCUT2D eigenvalue weighted by atomic mass is 10.1. The smallest absolute Gasteiger partial charge is 0.406 e. The van der Waals surface area contributed by atoms with Crippen molar-refractivity contribution >= 4 is 5.91 Å². The summed E-state index contributed by atoms with van der Waals surface area (Å²) in [6.07, 6.45) is -4.85. The van der Waals surface area contributed by atoms with Gasteiger partial charge in [0.15, 0.2) is 5.82 Å². The summed E-state index contributed by atoms with van der Waals surface area (Å²) < 4.78 is 54.8. The van der Waals surface area contributed by atoms with Gasteiger partial charge in [-0.15, -0.1) is 13.2 Å². The van der Waals surface area contributed by atoms with Crippen LogP contribution in [0.1, 0.15) is 23.0 Å². The fraction of sp³-hybridized carbons (Fsp3) is 0.182. The summed E-state index contributed by atoms with van der Waals surface area (Å²) in [5.74, 6) is -1.83. The number of nitrogens with one attached hydrogen (secondary N) is 1. The molecule has 0 fully saturated rings. The van der Waals surface area contributed by atoms with Gasteiger partial charge in [0, 0.05) is 17.2 Å². The number of aromatic nitrogens is 2. The number of carbonyl (C=O) groups excluding carboxylic acids is 1. The lowest BCUT2D eigenvalue weighted by molar-refractivity contribution is -0.274. The highest BCUT2D eigenvalue weighted by atomic mass is 19.4. The van der Waals surface area contributed by atoms with Crippen molar-refractivity contribution in [2.24, 2.45) is 0 Å². The van der Waals surface area contributed by atoms with E-state index >= 15 is 0 Å². The molecule has 33 heavy (non-hydrogen) atoms. The average Bonchev–Trinajstić information content (AvgIpc) is 2.78. The zero-order valence-corrected chi connectivity index (χ0v) is 17.0. The first-order chi connectivity index (χ1) is 15.6. The third-order valence-corrected chi connectivity index (χ3v) is 4.34. The fourth-order valence-corrected chi connectivity index (χ4v) is 2.76. The van der Waals surface area contributed by atoms with E-state index in [9.17, 15) is 27.5 Å². The Kier molecular flexibility index (Phi) is 6.89. The second-order valence-corrected chi connectivity index (χ2v) is 6.90. The molecule has 1 aromatic heterocycles. The number of rotatable bonds is 6. The molecule has 2 aromatic carbocycles. The molecule has 0 saturated carbocycles. The molecule has 0 radical (unpaired) electrons. The fourth-order valence-electron chi connectivity index (χ4n) is 2.76. The van der Waals surface area contributed by atoms with E-state index in [0.717, 1.165) is 18.2 Å². The molecule has 170 valence electrons. The molecular formula is C22H16F4N4O3. The minimum absolute atomic E-state index is 0.0126. The molecule has 7 nitrogen and oxygen atoms in total. The standard InChI is InChI=1S/C22H16F4N4O3/c1-12(11-31)28-21(32)19-9-18(13-2-5-16(6-3-13)33-22(24,25)26)29-20(30-19)14-4-7-17(23)15(8-14)10-27/h2-9,12,31H,11H2,1H3,(H,28,32)/t12-/m0/s1. The Labute approximate surface area is 185 Å². The van der Waals surface area contributed by atoms with Crippen molar-refractivity contribution in [3.63, 3.8) is 0 Å². The topological polar surface area (TPSA) is 108 Å². The van der Waals surface area contributed by atoms with Gasteiger partial charge >= 0.3 is 6.36 Å². The van der Waals surface area contributed by atoms with Gasteiger partial charge in [-0.1, -0.05) is 0 Å². The summed E-state index contributed by atoms with van der Waals surface area (Å²) in [6.45, 7) is 1.25. The second-order valence-electron chi connectivity index (χ2n) is 6.90. The molecule has 1 heterocycles. The quantitative estimate of drug-likeness (QED) is 0.542. The molecule has 0 saturated heterocycles. The van der Waals surface area contributed by atoms with Crippen LogP contribution in [0.2, 0.25) is 0 Å². The zero-order chi connectivity index (χ0) is 24.2. The van der Waals surface area contributed by atoms with Crippen LogP contribution in [0.4, 0.5) is 17.6 Å². The molecule has 0 unspecified atom stereocenters. The minimum Gasteiger partial charge on any atom is -0.406 e. The maximum atomic E-state index is 13.7. The number of carbonyl (C=O) groups is 1. The third kappa shape index (κ3) is 6.02. The van der Waals surface area contributed by atoms with Gasteiger partial charge < -0.3 is 15.2 Å². The number of amides is 1. The van der Waals surface area contributed by atoms with Crippen LogP contribution in [-0.4, -0.2) is 40.0 Å². The van der Waals surface area contributed by atoms with E-state index in [1.807, 2.05) is 0 Å². The molecule has 11 heteroatoms. The number of alkyl halides is 3. The van der Waals surface area contributed by atoms with Gasteiger partial charge in [0.05, 0.1) is 17.9 Å². The normalized spacial score (nSPS) is 12.0. The molecule has 0 aliphatic carbocycles. The van der Waals surface area contributed by atoms with Crippen LogP contribution in [0.15, 0.2) is 48.5 Å². The molecule has 3 aromatic rings. The number of hydrogen-bond donors (Lipinski definition) is 2. The van der Waals surface area contributed by atoms with Gasteiger partial charge in [-0.05, 0) is 55.5 Å². The summed E-state index contributed by atoms with van der Waals surface area (Å²) >= 11 is 0. The van der Waals surface area contributed by atoms with E-state index in [1.54, 1.807) is 13.0 Å². The van der Waals surface area contributed by atoms with Gasteiger partial charge in [-0.2, -0.15) is 5.26 Å². The van der Waals surface area contributed by atoms with E-state index in [1.165, 1.54) is 30.3 Å². The Bertz CT molecular complexity index is 1210. The number of aliphatic hydroxyl groups excluding tert-OH is 1. The predicted molar refractivity (Wildman–Crippen MR) is 108 cm³/mol. The van der Waals surface area contributed by atoms with E-state index in [0.29, 0.717) is 5.56 Å². The number of hydrogen-bond acceptors (Lipinski definition) is 6. The number of halogens is 4. The van der Waals surface area contributed by atoms with Crippen molar-refractivity contribution < 1.29 is 32.2 Å². The summed E-state index contributed by atoms with van der Waals surface area (Å²) in [4.78, 5) is 21.1. The molecule has 0 aliphatic rings. The molecule has 0 spiro atoms. The Hall–Kier alpha value is -4.04. The summed E-state index contributed by atoms with van der Waals surface area (Å²) in [5.41, 5.74) is 0.420. The van der Waals surface area contributed by atoms with Crippen molar-refractivity contribution in [3.8, 4) is 34.5 Å². The summed E-state index contributed by atoms with van der Waals surface area (Å²) in [5, 5.41) is 20.8. The Morgan fingerprint density at radius 2 is 1.82 bits per heavy atom. The third-order valence-electron chi connectivity index (χ3n) is 4.34. The Morgan fingerprint density at radius 3 is 2.42 bits per heavy atom. The van der Waals surface area contributed by atoms with Crippen LogP contribution in [0.25, 0.3) is 22.6 Å². The molecule has 0 aliphatic heterocycles. The molecule has 3 rings (SSSR count). The number of aliphatic hydroxyl groups is 1. The zero-order valence-electron chi connectivity index (χ0n) is 17.0. The average molecular weight is 460 g/mol. The second kappa shape index (κ2) is 9.62. The SMILES string of the molecule is C[C@@H](CO)NC(=O)c1cc(-c2ccc(OC(F)(F)F)cc2)nc(-c2ccc(F)c(C#N)c2)n1. The van der Waals surface area contributed by atoms with E-state index in [4.69, 9.17) is 5.26 Å². The lowest BCUT2D eigenvalue weighted by Crippen LogP contribution is -2.35. The summed E-state index contributed by atoms with van der Waals surface area (Å²) in [6, 6.07) is 10.9. The maximum Gasteiger partial charge on any atom is 0.573 e. The first-order valence-electron chi connectivity index (χ1n) is 9.46. The van der Waals surface area contributed by atoms with Crippen molar-refractivity contribution in [1.29, 1.82) is 5.26 Å². The first-order valence-corrected chi connectivity index (χ1v) is 9.46. The van der Waals surface area contributed by atoms with Gasteiger partial charge in [-0.25, -0.2) is 14.4 Å². The van der Waals surface area contributed by atoms with Crippen molar-refractivity contribution in [2.45, 2.75) is 19.3 Å². The Morgan fingerprint density at radius 1 is 1.15 bits per heavy atom. The number of ether oxygens (including phenoxy) is 1. The number of nitriles is 1. The van der Waals surface area contributed by atoms with Gasteiger partial charge in [0.25, 0.3) is 5.91 Å². The van der Waals surface area contributed by atoms with Gasteiger partial charge in [0.2, 0.25) is 0 Å². The number of nitrogens with zero attached hydrogens (tertiary/aromatic N) is 3. The number of benzene rings is 2. The molecular weight excluding hydrogens is 444 g/mol. The van der Waals surface area contributed by atoms with Crippen LogP contribution >= 0.6 is 0 Å². The van der Waals surface area contributed by atoms with Crippen LogP contribution in [0, 0.1) is 17.1 Å². The first kappa shape index (κ1) is 23.6. The van der Waals surface area contributed by atoms with Crippen LogP contribution in [0.3, 0.4) is 0 Å². The molecule has 1 amide bonds. The molecule has 1 atom stereocenters. The van der Waals surface area contributed by atoms with Crippen molar-refractivity contribution in [2.75, 3.05) is 6.61 Å². The highest BCUT2D eigenvalue weighted by Crippen LogP contribution is 2.28. The lowest BCUT2D eigenvalue weighted by Gasteiger charge is -2.13. The highest BCUT2D eigenvalue weighted by molar-refractivity contribution is 5.94. The predicted octanol–water partition coefficient (Wildman–Crippen LogP) is 3.83. The minimum atomic E-state index is -4.85. The highest BCUT2D eigenvalue weighted by Gasteiger charge is 2.31. The molecule has 0 bridgehead atoms. The van der Waals surface area contributed by atoms with E-state index in [-0.39, 0.29) is 34.9 Å². The largest absolute Gasteiger partial charge is 0.573 e. The van der Waals surface area contributed by atoms with E-state index < -0.39 is 29.9 Å².